The molecule has 0 unspecified atom stereocenters. The molecule has 0 amide bonds. The number of ether oxygens (including phenoxy) is 1. The van der Waals surface area contributed by atoms with Gasteiger partial charge in [0.25, 0.3) is 0 Å². The maximum absolute atomic E-state index is 7.22. The van der Waals surface area contributed by atoms with Crippen LogP contribution < -0.4 is 4.74 Å². The number of rotatable bonds is 12. The van der Waals surface area contributed by atoms with E-state index >= 15 is 0 Å². The molecule has 396 valence electrons. The number of furan rings is 2. The van der Waals surface area contributed by atoms with Crippen molar-refractivity contribution in [3.05, 3.63) is 222 Å². The Kier molecular flexibility index (Phi) is 12.1. The number of nitrogens with zero attached hydrogens (tertiary/aromatic N) is 5. The second kappa shape index (κ2) is 19.7. The van der Waals surface area contributed by atoms with Gasteiger partial charge < -0.3 is 13.6 Å². The monoisotopic (exact) mass is 1060 g/mol. The Morgan fingerprint density at radius 1 is 0.370 bits per heavy atom. The number of hydrogen-bond donors (Lipinski definition) is 0. The fourth-order valence-electron chi connectivity index (χ4n) is 12.1. The molecular weight excluding hydrogens is 995 g/mol. The van der Waals surface area contributed by atoms with E-state index in [0.717, 1.165) is 77.8 Å². The maximum atomic E-state index is 7.22. The van der Waals surface area contributed by atoms with Gasteiger partial charge in [-0.25, -0.2) is 15.0 Å². The van der Waals surface area contributed by atoms with Crippen molar-refractivity contribution in [3.63, 3.8) is 0 Å². The third-order valence-electron chi connectivity index (χ3n) is 16.0. The van der Waals surface area contributed by atoms with Gasteiger partial charge in [-0.1, -0.05) is 165 Å². The number of fused-ring (bicyclic) bond motifs is 8. The Morgan fingerprint density at radius 3 is 1.46 bits per heavy atom. The zero-order valence-corrected chi connectivity index (χ0v) is 46.8. The summed E-state index contributed by atoms with van der Waals surface area (Å²) in [5, 5.41) is 2.57. The lowest BCUT2D eigenvalue weighted by Crippen LogP contribution is -2.09. The van der Waals surface area contributed by atoms with Crippen molar-refractivity contribution in [2.24, 2.45) is 0 Å². The van der Waals surface area contributed by atoms with Crippen LogP contribution in [0.5, 0.6) is 11.5 Å². The lowest BCUT2D eigenvalue weighted by molar-refractivity contribution is 0.483. The molecule has 0 saturated heterocycles. The average Bonchev–Trinajstić information content (AvgIpc) is 3.81. The molecule has 8 nitrogen and oxygen atoms in total. The highest BCUT2D eigenvalue weighted by molar-refractivity contribution is 6.14. The van der Waals surface area contributed by atoms with E-state index in [1.165, 1.54) is 50.2 Å². The van der Waals surface area contributed by atoms with Gasteiger partial charge in [-0.05, 0) is 159 Å². The molecule has 5 heterocycles. The summed E-state index contributed by atoms with van der Waals surface area (Å²) in [7, 11) is 0. The van der Waals surface area contributed by atoms with Crippen LogP contribution in [0.15, 0.2) is 209 Å². The summed E-state index contributed by atoms with van der Waals surface area (Å²) in [4.78, 5) is 16.2. The summed E-state index contributed by atoms with van der Waals surface area (Å²) < 4.78 is 25.5. The lowest BCUT2D eigenvalue weighted by Gasteiger charge is -2.24. The highest BCUT2D eigenvalue weighted by Gasteiger charge is 2.29. The fourth-order valence-corrected chi connectivity index (χ4v) is 12.1. The summed E-state index contributed by atoms with van der Waals surface area (Å²) in [6.07, 6.45) is 0. The van der Waals surface area contributed by atoms with Crippen LogP contribution >= 0.6 is 0 Å². The molecule has 0 bridgehead atoms. The number of aromatic nitrogens is 5. The van der Waals surface area contributed by atoms with Crippen LogP contribution in [0.2, 0.25) is 0 Å². The standard InChI is InChI=1S/C73H61N5O3/c1-42(2)54-35-49(46-22-11-9-12-23-46)36-55(43(3)4)68(54)77-63-31-18-16-29-61(63)74-71(77)48-26-21-27-51(34-48)79-52-39-58-59-41-66-67(53-28-15-20-33-65(53)80-66)76-73(59)81-70(58)60(40-52)72-75-62-30-17-19-32-64(62)78(72)69-56(44(5)6)37-50(38-57(69)45(7)8)47-24-13-10-14-25-47/h9-45H,1-8H3. The Balaban J connectivity index is 0.984. The predicted molar refractivity (Wildman–Crippen MR) is 333 cm³/mol. The molecule has 0 aliphatic heterocycles. The molecule has 5 aromatic heterocycles. The Hall–Kier alpha value is -9.53. The first-order valence-corrected chi connectivity index (χ1v) is 28.3. The zero-order valence-electron chi connectivity index (χ0n) is 46.8. The third kappa shape index (κ3) is 8.47. The molecule has 14 aromatic rings. The molecule has 0 aliphatic rings. The largest absolute Gasteiger partial charge is 0.457 e. The number of benzene rings is 9. The highest BCUT2D eigenvalue weighted by atomic mass is 16.5. The summed E-state index contributed by atoms with van der Waals surface area (Å²) in [5.74, 6) is 3.64. The second-order valence-electron chi connectivity index (χ2n) is 22.7. The number of hydrogen-bond acceptors (Lipinski definition) is 6. The molecule has 0 saturated carbocycles. The Morgan fingerprint density at radius 2 is 0.877 bits per heavy atom. The summed E-state index contributed by atoms with van der Waals surface area (Å²) in [5.41, 5.74) is 20.9. The van der Waals surface area contributed by atoms with Crippen molar-refractivity contribution < 1.29 is 13.6 Å². The van der Waals surface area contributed by atoms with Crippen LogP contribution in [0.4, 0.5) is 0 Å². The fraction of sp³-hybridized carbons (Fsp3) is 0.164. The van der Waals surface area contributed by atoms with Gasteiger partial charge in [-0.3, -0.25) is 9.13 Å². The minimum Gasteiger partial charge on any atom is -0.457 e. The summed E-state index contributed by atoms with van der Waals surface area (Å²) in [6, 6.07) is 70.4. The van der Waals surface area contributed by atoms with Crippen LogP contribution in [0.3, 0.4) is 0 Å². The first-order chi connectivity index (χ1) is 39.4. The molecule has 0 radical (unpaired) electrons. The van der Waals surface area contributed by atoms with E-state index < -0.39 is 0 Å². The van der Waals surface area contributed by atoms with Crippen LogP contribution in [-0.2, 0) is 0 Å². The van der Waals surface area contributed by atoms with E-state index in [1.807, 2.05) is 30.3 Å². The topological polar surface area (TPSA) is 84.0 Å². The normalized spacial score (nSPS) is 12.1. The molecule has 9 aromatic carbocycles. The molecule has 0 fully saturated rings. The van der Waals surface area contributed by atoms with Crippen LogP contribution in [0.1, 0.15) is 101 Å². The van der Waals surface area contributed by atoms with Crippen LogP contribution in [0, 0.1) is 0 Å². The van der Waals surface area contributed by atoms with Crippen molar-refractivity contribution in [1.29, 1.82) is 0 Å². The van der Waals surface area contributed by atoms with Gasteiger partial charge in [-0.15, -0.1) is 0 Å². The number of imidazole rings is 2. The zero-order chi connectivity index (χ0) is 55.2. The molecule has 0 spiro atoms. The minimum absolute atomic E-state index is 0.175. The first-order valence-electron chi connectivity index (χ1n) is 28.3. The quantitative estimate of drug-likeness (QED) is 0.121. The molecule has 0 aliphatic carbocycles. The van der Waals surface area contributed by atoms with Gasteiger partial charge in [0.05, 0.1) is 44.4 Å². The van der Waals surface area contributed by atoms with Crippen molar-refractivity contribution in [1.82, 2.24) is 24.1 Å². The average molecular weight is 1060 g/mol. The van der Waals surface area contributed by atoms with Gasteiger partial charge in [0.2, 0.25) is 5.71 Å². The SMILES string of the molecule is CC(C)c1cc(-c2ccccc2)cc(C(C)C)c1-n1c(-c2cccc(Oc3cc(-c4nc5ccccc5n4-c4c(C(C)C)cc(-c5ccccc5)cc4C(C)C)c4oc5nc6c(cc5c4c3)oc3ccccc36)c2)nc2ccccc21. The highest BCUT2D eigenvalue weighted by Crippen LogP contribution is 2.47. The van der Waals surface area contributed by atoms with Gasteiger partial charge in [0, 0.05) is 16.3 Å². The smallest absolute Gasteiger partial charge is 0.228 e. The molecular formula is C73H61N5O3. The second-order valence-corrected chi connectivity index (χ2v) is 22.7. The summed E-state index contributed by atoms with van der Waals surface area (Å²) in [6.45, 7) is 18.3. The van der Waals surface area contributed by atoms with Gasteiger partial charge >= 0.3 is 0 Å². The molecule has 8 heteroatoms. The van der Waals surface area contributed by atoms with Crippen LogP contribution in [-0.4, -0.2) is 24.1 Å². The van der Waals surface area contributed by atoms with E-state index in [2.05, 4.69) is 234 Å². The Labute approximate surface area is 470 Å². The lowest BCUT2D eigenvalue weighted by atomic mass is 9.88. The van der Waals surface area contributed by atoms with E-state index in [-0.39, 0.29) is 23.7 Å². The summed E-state index contributed by atoms with van der Waals surface area (Å²) >= 11 is 0. The molecule has 0 N–H and O–H groups in total. The van der Waals surface area contributed by atoms with E-state index in [9.17, 15) is 0 Å². The molecule has 81 heavy (non-hydrogen) atoms. The first kappa shape index (κ1) is 49.7. The van der Waals surface area contributed by atoms with Crippen molar-refractivity contribution in [2.45, 2.75) is 79.1 Å². The van der Waals surface area contributed by atoms with E-state index in [0.29, 0.717) is 28.4 Å². The molecule has 14 rings (SSSR count). The maximum Gasteiger partial charge on any atom is 0.228 e. The number of pyridine rings is 1. The third-order valence-corrected chi connectivity index (χ3v) is 16.0. The van der Waals surface area contributed by atoms with Gasteiger partial charge in [0.15, 0.2) is 5.58 Å². The Bertz CT molecular complexity index is 4690. The van der Waals surface area contributed by atoms with Crippen molar-refractivity contribution in [3.8, 4) is 67.9 Å². The number of para-hydroxylation sites is 5. The van der Waals surface area contributed by atoms with E-state index in [4.69, 9.17) is 28.5 Å². The van der Waals surface area contributed by atoms with E-state index in [1.54, 1.807) is 0 Å². The van der Waals surface area contributed by atoms with Gasteiger partial charge in [0.1, 0.15) is 39.8 Å². The predicted octanol–water partition coefficient (Wildman–Crippen LogP) is 20.5. The molecule has 0 atom stereocenters. The van der Waals surface area contributed by atoms with Crippen molar-refractivity contribution in [2.75, 3.05) is 0 Å². The minimum atomic E-state index is 0.175. The van der Waals surface area contributed by atoms with Crippen LogP contribution in [0.25, 0.3) is 123 Å². The van der Waals surface area contributed by atoms with Gasteiger partial charge in [-0.2, -0.15) is 0 Å². The van der Waals surface area contributed by atoms with Crippen molar-refractivity contribution >= 4 is 66.2 Å².